The Bertz CT molecular complexity index is 1690. The number of aliphatic hydroxyl groups excluding tert-OH is 17. The summed E-state index contributed by atoms with van der Waals surface area (Å²) in [4.78, 5) is 12.2. The molecule has 12 bridgehead atoms. The Morgan fingerprint density at radius 2 is 0.556 bits per heavy atom. The van der Waals surface area contributed by atoms with Gasteiger partial charge in [0, 0.05) is 0 Å². The minimum Gasteiger partial charge on any atom is -0.479 e. The molecule has 22 aliphatic rings. The van der Waals surface area contributed by atoms with Crippen molar-refractivity contribution in [3.05, 3.63) is 0 Å². The summed E-state index contributed by atoms with van der Waals surface area (Å²) in [6.07, 6.45) is -61.7. The van der Waals surface area contributed by atoms with Crippen LogP contribution in [0.15, 0.2) is 0 Å². The molecular formula is C40H66O32. The lowest BCUT2D eigenvalue weighted by Gasteiger charge is -2.51. The number of aliphatic hydroxyl groups is 17. The number of hydrogen-bond acceptors (Lipinski definition) is 31. The van der Waals surface area contributed by atoms with Gasteiger partial charge in [-0.05, 0) is 6.42 Å². The zero-order chi connectivity index (χ0) is 52.6. The Morgan fingerprint density at radius 1 is 0.347 bits per heavy atom. The summed E-state index contributed by atoms with van der Waals surface area (Å²) in [7, 11) is 0. The number of ether oxygens (including phenoxy) is 13. The van der Waals surface area contributed by atoms with Crippen LogP contribution in [0.2, 0.25) is 0 Å². The molecule has 31 atom stereocenters. The molecule has 0 aliphatic carbocycles. The van der Waals surface area contributed by atoms with Gasteiger partial charge in [0.1, 0.15) is 146 Å². The Hall–Kier alpha value is -1.73. The van der Waals surface area contributed by atoms with Crippen molar-refractivity contribution in [3.63, 3.8) is 0 Å². The quantitative estimate of drug-likeness (QED) is 0.0966. The first-order valence-corrected chi connectivity index (χ1v) is 23.1. The van der Waals surface area contributed by atoms with Gasteiger partial charge in [-0.2, -0.15) is 0 Å². The van der Waals surface area contributed by atoms with E-state index in [2.05, 4.69) is 0 Å². The Balaban J connectivity index is 1.23. The molecule has 0 aromatic rings. The molecule has 0 radical (unpaired) electrons. The Kier molecular flexibility index (Phi) is 19.9. The largest absolute Gasteiger partial charge is 0.479 e. The van der Waals surface area contributed by atoms with Crippen LogP contribution in [0.4, 0.5) is 0 Å². The van der Waals surface area contributed by atoms with E-state index < -0.39 is 236 Å². The number of carboxylic acid groups (broad SMARTS) is 1. The molecule has 0 spiro atoms. The number of carbonyl (C=O) groups is 1. The van der Waals surface area contributed by atoms with Gasteiger partial charge < -0.3 is 153 Å². The highest BCUT2D eigenvalue weighted by molar-refractivity contribution is 5.72. The van der Waals surface area contributed by atoms with Crippen molar-refractivity contribution >= 4 is 5.97 Å². The molecule has 22 heterocycles. The summed E-state index contributed by atoms with van der Waals surface area (Å²) < 4.78 is 74.6. The van der Waals surface area contributed by atoms with E-state index in [0.717, 1.165) is 0 Å². The minimum absolute atomic E-state index is 0.246. The molecule has 18 N–H and O–H groups in total. The number of carboxylic acids is 1. The third kappa shape index (κ3) is 11.4. The molecule has 418 valence electrons. The van der Waals surface area contributed by atoms with Crippen LogP contribution < -0.4 is 0 Å². The van der Waals surface area contributed by atoms with Crippen molar-refractivity contribution in [1.82, 2.24) is 0 Å². The predicted molar refractivity (Wildman–Crippen MR) is 216 cm³/mol. The lowest BCUT2D eigenvalue weighted by Crippen LogP contribution is -2.69. The van der Waals surface area contributed by atoms with Crippen LogP contribution in [-0.2, 0) is 66.4 Å². The molecule has 22 saturated heterocycles. The fourth-order valence-corrected chi connectivity index (χ4v) is 9.59. The second kappa shape index (κ2) is 24.7. The monoisotopic (exact) mass is 1060 g/mol. The second-order valence-corrected chi connectivity index (χ2v) is 18.2. The van der Waals surface area contributed by atoms with Crippen LogP contribution in [0.25, 0.3) is 0 Å². The normalized spacial score (nSPS) is 52.1. The molecule has 32 heteroatoms. The van der Waals surface area contributed by atoms with E-state index in [4.69, 9.17) is 61.6 Å². The molecule has 1 unspecified atom stereocenters. The van der Waals surface area contributed by atoms with E-state index in [9.17, 15) is 96.7 Å². The smallest absolute Gasteiger partial charge is 0.332 e. The summed E-state index contributed by atoms with van der Waals surface area (Å²) in [5, 5.41) is 197. The van der Waals surface area contributed by atoms with Gasteiger partial charge >= 0.3 is 5.97 Å². The van der Waals surface area contributed by atoms with E-state index >= 15 is 0 Å². The van der Waals surface area contributed by atoms with Crippen LogP contribution in [0.3, 0.4) is 0 Å². The van der Waals surface area contributed by atoms with Gasteiger partial charge in [-0.1, -0.05) is 6.92 Å². The summed E-state index contributed by atoms with van der Waals surface area (Å²) in [5.41, 5.74) is 0. The van der Waals surface area contributed by atoms with Gasteiger partial charge in [-0.15, -0.1) is 0 Å². The number of hydrogen-bond donors (Lipinski definition) is 18. The van der Waals surface area contributed by atoms with Crippen LogP contribution in [0.5, 0.6) is 0 Å². The predicted octanol–water partition coefficient (Wildman–Crippen LogP) is -12.2. The number of aliphatic carboxylic acids is 1. The zero-order valence-corrected chi connectivity index (χ0v) is 38.1. The summed E-state index contributed by atoms with van der Waals surface area (Å²) >= 11 is 0. The highest BCUT2D eigenvalue weighted by Crippen LogP contribution is 2.39. The first kappa shape index (κ1) is 58.0. The summed E-state index contributed by atoms with van der Waals surface area (Å²) in [6.45, 7) is -4.83. The lowest BCUT2D eigenvalue weighted by atomic mass is 9.94. The molecule has 22 aliphatic heterocycles. The highest BCUT2D eigenvalue weighted by atomic mass is 16.8. The van der Waals surface area contributed by atoms with E-state index in [1.54, 1.807) is 0 Å². The molecule has 0 aromatic carbocycles. The molecule has 0 aromatic heterocycles. The van der Waals surface area contributed by atoms with Gasteiger partial charge in [0.15, 0.2) is 43.8 Å². The molecule has 32 nitrogen and oxygen atoms in total. The van der Waals surface area contributed by atoms with Crippen LogP contribution >= 0.6 is 0 Å². The Labute approximate surface area is 407 Å². The third-order valence-corrected chi connectivity index (χ3v) is 13.6. The van der Waals surface area contributed by atoms with Gasteiger partial charge in [0.2, 0.25) is 0 Å². The van der Waals surface area contributed by atoms with Gasteiger partial charge in [-0.25, -0.2) is 4.79 Å². The molecular weight excluding hydrogens is 992 g/mol. The summed E-state index contributed by atoms with van der Waals surface area (Å²) in [5.74, 6) is -1.55. The standard InChI is InChI=1S/C40H66O32/c1-2-9(34(58)59)60-33-26(57)40-66-15(8-46)32(33)72-39-25(56)20(51)30(13(6-44)65-39)70-37-23(54)18(49)28(11(4-42)63-37)68-35-21(52)16(47)27(10(3-41)61-35)67-36-22(53)17(48)29(12(5-43)62-36)69-38-24(55)19(50)31(71-40)14(7-45)64-38/h9-33,35-57H,2-8H2,1H3,(H,58,59)/t9?,10-,11-,12-,13-,14-,15-,16-,17-,18-,19-,20-,21-,22-,23-,24-,25-,26-,27-,28-,29-,30-,31-,32+,33-,35-,36-,37-,38-,39-,40-/m1/s1. The van der Waals surface area contributed by atoms with Crippen molar-refractivity contribution in [2.45, 2.75) is 204 Å². The van der Waals surface area contributed by atoms with E-state index in [1.165, 1.54) is 6.92 Å². The van der Waals surface area contributed by atoms with Crippen LogP contribution in [0.1, 0.15) is 13.3 Å². The topological polar surface area (TPSA) is 501 Å². The first-order chi connectivity index (χ1) is 34.3. The third-order valence-electron chi connectivity index (χ3n) is 13.6. The van der Waals surface area contributed by atoms with Crippen LogP contribution in [-0.4, -0.2) is 328 Å². The van der Waals surface area contributed by atoms with Gasteiger partial charge in [-0.3, -0.25) is 0 Å². The first-order valence-electron chi connectivity index (χ1n) is 23.1. The lowest BCUT2D eigenvalue weighted by molar-refractivity contribution is -0.405. The fourth-order valence-electron chi connectivity index (χ4n) is 9.59. The molecule has 0 saturated carbocycles. The maximum Gasteiger partial charge on any atom is 0.332 e. The second-order valence-electron chi connectivity index (χ2n) is 18.2. The number of rotatable bonds is 10. The van der Waals surface area contributed by atoms with Gasteiger partial charge in [0.25, 0.3) is 0 Å². The van der Waals surface area contributed by atoms with E-state index in [1.807, 2.05) is 0 Å². The SMILES string of the molecule is CCC(O[C@@H]1[C@@H](O)[C@H]2O[C@H]3[C@H](O)[C@@H](O)[C@@H](O[C@H]4[C@H](O)[C@@H](O)[C@@H](O[C@H]5[C@H](O)[C@@H](O)[C@@H](O[C@H]6[C@H](O)[C@@H](O)[C@@H](O[C@H]7[C@H](O)[C@@H](O)[C@@H](O[C@H]1[C@@H](CO)O2)O[C@@H]7CO)O[C@@H]6CO)O[C@@H]5CO)O[C@@H]4CO)O[C@@H]3CO)C(=O)O. The van der Waals surface area contributed by atoms with E-state index in [0.29, 0.717) is 0 Å². The molecule has 22 fully saturated rings. The van der Waals surface area contributed by atoms with Crippen LogP contribution in [0, 0.1) is 0 Å². The van der Waals surface area contributed by atoms with Crippen molar-refractivity contribution in [1.29, 1.82) is 0 Å². The van der Waals surface area contributed by atoms with Crippen molar-refractivity contribution in [3.8, 4) is 0 Å². The Morgan fingerprint density at radius 3 is 0.764 bits per heavy atom. The van der Waals surface area contributed by atoms with Crippen molar-refractivity contribution < 1.29 is 158 Å². The maximum atomic E-state index is 12.2. The average Bonchev–Trinajstić information content (AvgIpc) is 3.36. The maximum absolute atomic E-state index is 12.2. The van der Waals surface area contributed by atoms with Gasteiger partial charge in [0.05, 0.1) is 39.6 Å². The van der Waals surface area contributed by atoms with Crippen molar-refractivity contribution in [2.75, 3.05) is 39.6 Å². The molecule has 72 heavy (non-hydrogen) atoms. The van der Waals surface area contributed by atoms with E-state index in [-0.39, 0.29) is 6.42 Å². The fraction of sp³-hybridized carbons (Fsp3) is 0.975. The average molecular weight is 1060 g/mol. The van der Waals surface area contributed by atoms with Crippen molar-refractivity contribution in [2.24, 2.45) is 0 Å². The molecule has 0 amide bonds. The molecule has 22 rings (SSSR count). The zero-order valence-electron chi connectivity index (χ0n) is 38.1. The summed E-state index contributed by atoms with van der Waals surface area (Å²) in [6, 6.07) is 0. The minimum atomic E-state index is -2.22. The highest BCUT2D eigenvalue weighted by Gasteiger charge is 2.59.